The maximum atomic E-state index is 11.4. The lowest BCUT2D eigenvalue weighted by Gasteiger charge is -2.15. The fourth-order valence-corrected chi connectivity index (χ4v) is 2.02. The highest BCUT2D eigenvalue weighted by Gasteiger charge is 2.17. The lowest BCUT2D eigenvalue weighted by Crippen LogP contribution is -2.30. The number of nitrogens with zero attached hydrogens (tertiary/aromatic N) is 1. The molecule has 0 spiro atoms. The molecule has 1 amide bonds. The number of aromatic amines is 1. The van der Waals surface area contributed by atoms with Crippen LogP contribution in [0.25, 0.3) is 11.6 Å². The highest BCUT2D eigenvalue weighted by Crippen LogP contribution is 2.24. The van der Waals surface area contributed by atoms with Gasteiger partial charge in [0.15, 0.2) is 0 Å². The first kappa shape index (κ1) is 11.4. The first-order valence-corrected chi connectivity index (χ1v) is 5.45. The Bertz CT molecular complexity index is 621. The van der Waals surface area contributed by atoms with Crippen molar-refractivity contribution < 1.29 is 4.79 Å². The summed E-state index contributed by atoms with van der Waals surface area (Å²) in [5.41, 5.74) is 5.59. The standard InChI is InChI=1S/C13H15N3O/c1-3-5-13(2)6-4-10(12(14)17)11-9(7-13)8-15-16-11/h3-8,16H,1-2H3,(H2,14,17). The van der Waals surface area contributed by atoms with Crippen LogP contribution < -0.4 is 16.3 Å². The maximum absolute atomic E-state index is 11.4. The zero-order valence-corrected chi connectivity index (χ0v) is 9.90. The first-order valence-electron chi connectivity index (χ1n) is 5.45. The molecule has 88 valence electrons. The van der Waals surface area contributed by atoms with Gasteiger partial charge in [0.25, 0.3) is 5.91 Å². The van der Waals surface area contributed by atoms with E-state index in [1.54, 1.807) is 12.3 Å². The van der Waals surface area contributed by atoms with E-state index >= 15 is 0 Å². The van der Waals surface area contributed by atoms with Crippen LogP contribution >= 0.6 is 0 Å². The fourth-order valence-electron chi connectivity index (χ4n) is 2.02. The van der Waals surface area contributed by atoms with Crippen LogP contribution in [0.1, 0.15) is 13.8 Å². The van der Waals surface area contributed by atoms with Crippen LogP contribution in [0.2, 0.25) is 0 Å². The molecule has 17 heavy (non-hydrogen) atoms. The molecular weight excluding hydrogens is 214 g/mol. The molecule has 0 saturated heterocycles. The molecule has 2 rings (SSSR count). The zero-order valence-electron chi connectivity index (χ0n) is 9.90. The number of allylic oxidation sites excluding steroid dienone is 3. The first-order chi connectivity index (χ1) is 8.06. The maximum Gasteiger partial charge on any atom is 0.250 e. The predicted molar refractivity (Wildman–Crippen MR) is 67.0 cm³/mol. The summed E-state index contributed by atoms with van der Waals surface area (Å²) in [5.74, 6) is -0.454. The monoisotopic (exact) mass is 229 g/mol. The molecule has 1 atom stereocenters. The molecule has 1 aromatic heterocycles. The van der Waals surface area contributed by atoms with Crippen LogP contribution in [0.15, 0.2) is 30.5 Å². The molecule has 1 aromatic rings. The van der Waals surface area contributed by atoms with Crippen LogP contribution in [0.3, 0.4) is 0 Å². The molecule has 0 aromatic carbocycles. The van der Waals surface area contributed by atoms with Crippen molar-refractivity contribution in [1.82, 2.24) is 10.2 Å². The van der Waals surface area contributed by atoms with Crippen molar-refractivity contribution in [1.29, 1.82) is 0 Å². The minimum absolute atomic E-state index is 0.232. The summed E-state index contributed by atoms with van der Waals surface area (Å²) in [4.78, 5) is 11.4. The van der Waals surface area contributed by atoms with E-state index in [4.69, 9.17) is 5.73 Å². The molecule has 0 aliphatic heterocycles. The number of fused-ring (bicyclic) bond motifs is 1. The van der Waals surface area contributed by atoms with Gasteiger partial charge in [0.2, 0.25) is 0 Å². The number of hydrogen-bond donors (Lipinski definition) is 2. The van der Waals surface area contributed by atoms with Gasteiger partial charge in [0.1, 0.15) is 0 Å². The molecule has 0 fully saturated rings. The smallest absolute Gasteiger partial charge is 0.250 e. The number of amides is 1. The number of H-pyrrole nitrogens is 1. The summed E-state index contributed by atoms with van der Waals surface area (Å²) in [6, 6.07) is 0. The van der Waals surface area contributed by atoms with Gasteiger partial charge >= 0.3 is 0 Å². The van der Waals surface area contributed by atoms with Crippen molar-refractivity contribution >= 4 is 17.6 Å². The van der Waals surface area contributed by atoms with E-state index in [0.717, 1.165) is 5.22 Å². The normalized spacial score (nSPS) is 23.3. The molecule has 0 saturated carbocycles. The van der Waals surface area contributed by atoms with Crippen LogP contribution in [0.4, 0.5) is 0 Å². The van der Waals surface area contributed by atoms with Gasteiger partial charge in [-0.05, 0) is 13.8 Å². The van der Waals surface area contributed by atoms with E-state index in [1.165, 1.54) is 0 Å². The molecule has 4 nitrogen and oxygen atoms in total. The summed E-state index contributed by atoms with van der Waals surface area (Å²) < 4.78 is 0. The van der Waals surface area contributed by atoms with Crippen LogP contribution in [0, 0.1) is 5.41 Å². The van der Waals surface area contributed by atoms with Crippen molar-refractivity contribution in [3.63, 3.8) is 0 Å². The molecule has 3 N–H and O–H groups in total. The minimum atomic E-state index is -0.454. The molecule has 1 aliphatic rings. The van der Waals surface area contributed by atoms with Crippen LogP contribution in [0.5, 0.6) is 0 Å². The number of rotatable bonds is 2. The average molecular weight is 229 g/mol. The van der Waals surface area contributed by atoms with Gasteiger partial charge in [0, 0.05) is 10.6 Å². The molecule has 1 aliphatic carbocycles. The van der Waals surface area contributed by atoms with Gasteiger partial charge in [-0.15, -0.1) is 0 Å². The number of carbonyl (C=O) groups is 1. The van der Waals surface area contributed by atoms with E-state index in [0.29, 0.717) is 10.9 Å². The quantitative estimate of drug-likeness (QED) is 0.699. The second-order valence-electron chi connectivity index (χ2n) is 4.32. The van der Waals surface area contributed by atoms with E-state index in [-0.39, 0.29) is 5.41 Å². The van der Waals surface area contributed by atoms with Gasteiger partial charge < -0.3 is 5.73 Å². The average Bonchev–Trinajstić information content (AvgIpc) is 2.61. The second kappa shape index (κ2) is 4.05. The Labute approximate surface area is 99.2 Å². The Morgan fingerprint density at radius 1 is 1.59 bits per heavy atom. The number of aromatic nitrogens is 2. The summed E-state index contributed by atoms with van der Waals surface area (Å²) in [6.45, 7) is 4.02. The number of carbonyl (C=O) groups excluding carboxylic acids is 1. The summed E-state index contributed by atoms with van der Waals surface area (Å²) in [5, 5.41) is 8.35. The number of nitrogens with one attached hydrogen (secondary N) is 1. The Hall–Kier alpha value is -2.10. The molecule has 1 unspecified atom stereocenters. The van der Waals surface area contributed by atoms with Crippen LogP contribution in [-0.2, 0) is 4.79 Å². The number of hydrogen-bond acceptors (Lipinski definition) is 2. The van der Waals surface area contributed by atoms with Gasteiger partial charge in [0.05, 0.1) is 17.1 Å². The molecule has 0 bridgehead atoms. The van der Waals surface area contributed by atoms with Gasteiger partial charge in [-0.25, -0.2) is 0 Å². The van der Waals surface area contributed by atoms with E-state index < -0.39 is 5.91 Å². The summed E-state index contributed by atoms with van der Waals surface area (Å²) in [7, 11) is 0. The zero-order chi connectivity index (χ0) is 12.5. The molecular formula is C13H15N3O. The van der Waals surface area contributed by atoms with Gasteiger partial charge in [-0.1, -0.05) is 30.4 Å². The second-order valence-corrected chi connectivity index (χ2v) is 4.32. The molecule has 4 heteroatoms. The topological polar surface area (TPSA) is 71.8 Å². The largest absolute Gasteiger partial charge is 0.366 e. The van der Waals surface area contributed by atoms with Crippen LogP contribution in [-0.4, -0.2) is 16.1 Å². The van der Waals surface area contributed by atoms with Crippen molar-refractivity contribution in [3.05, 3.63) is 41.1 Å². The highest BCUT2D eigenvalue weighted by atomic mass is 16.1. The predicted octanol–water partition coefficient (Wildman–Crippen LogP) is -0.0216. The Morgan fingerprint density at radius 2 is 2.35 bits per heavy atom. The summed E-state index contributed by atoms with van der Waals surface area (Å²) in [6.07, 6.45) is 11.5. The fraction of sp³-hybridized carbons (Fsp3) is 0.231. The number of nitrogens with two attached hydrogens (primary N) is 1. The third kappa shape index (κ3) is 2.06. The Morgan fingerprint density at radius 3 is 3.00 bits per heavy atom. The lowest BCUT2D eigenvalue weighted by molar-refractivity contribution is -0.112. The van der Waals surface area contributed by atoms with Gasteiger partial charge in [-0.2, -0.15) is 5.10 Å². The minimum Gasteiger partial charge on any atom is -0.366 e. The Balaban J connectivity index is 2.76. The third-order valence-corrected chi connectivity index (χ3v) is 2.80. The van der Waals surface area contributed by atoms with Crippen molar-refractivity contribution in [2.75, 3.05) is 0 Å². The molecule has 1 heterocycles. The van der Waals surface area contributed by atoms with E-state index in [9.17, 15) is 4.79 Å². The third-order valence-electron chi connectivity index (χ3n) is 2.80. The Kier molecular flexibility index (Phi) is 2.71. The SMILES string of the molecule is CC=CC1(C)C=CC(C(N)=O)=c2[nH]ncc2=C1. The van der Waals surface area contributed by atoms with Crippen molar-refractivity contribution in [3.8, 4) is 0 Å². The lowest BCUT2D eigenvalue weighted by atomic mass is 9.89. The molecule has 0 radical (unpaired) electrons. The van der Waals surface area contributed by atoms with Crippen molar-refractivity contribution in [2.24, 2.45) is 11.1 Å². The van der Waals surface area contributed by atoms with E-state index in [2.05, 4.69) is 29.3 Å². The number of primary amides is 1. The van der Waals surface area contributed by atoms with Crippen molar-refractivity contribution in [2.45, 2.75) is 13.8 Å². The highest BCUT2D eigenvalue weighted by molar-refractivity contribution is 6.16. The van der Waals surface area contributed by atoms with Gasteiger partial charge in [-0.3, -0.25) is 9.89 Å². The summed E-state index contributed by atoms with van der Waals surface area (Å²) >= 11 is 0. The van der Waals surface area contributed by atoms with E-state index in [1.807, 2.05) is 19.1 Å².